The number of aromatic nitrogens is 4. The van der Waals surface area contributed by atoms with Crippen LogP contribution in [0, 0.1) is 5.82 Å². The molecule has 116 valence electrons. The topological polar surface area (TPSA) is 72.7 Å². The molecule has 0 fully saturated rings. The van der Waals surface area contributed by atoms with Gasteiger partial charge < -0.3 is 5.32 Å². The number of halogens is 2. The van der Waals surface area contributed by atoms with Crippen LogP contribution in [0.2, 0.25) is 5.02 Å². The summed E-state index contributed by atoms with van der Waals surface area (Å²) in [6.45, 7) is -0.0772. The number of benzene rings is 2. The van der Waals surface area contributed by atoms with Crippen LogP contribution in [0.3, 0.4) is 0 Å². The Morgan fingerprint density at radius 2 is 2.00 bits per heavy atom. The summed E-state index contributed by atoms with van der Waals surface area (Å²) in [5, 5.41) is 13.9. The Hall–Kier alpha value is -2.80. The van der Waals surface area contributed by atoms with Crippen molar-refractivity contribution >= 4 is 23.2 Å². The molecule has 1 aromatic heterocycles. The highest BCUT2D eigenvalue weighted by Gasteiger charge is 2.12. The minimum atomic E-state index is -0.545. The average molecular weight is 332 g/mol. The molecule has 3 aromatic rings. The van der Waals surface area contributed by atoms with E-state index in [0.29, 0.717) is 11.5 Å². The summed E-state index contributed by atoms with van der Waals surface area (Å²) in [5.74, 6) is -0.411. The highest BCUT2D eigenvalue weighted by atomic mass is 35.5. The molecule has 0 saturated heterocycles. The molecule has 0 bridgehead atoms. The molecule has 1 amide bonds. The van der Waals surface area contributed by atoms with Crippen LogP contribution in [-0.2, 0) is 11.3 Å². The van der Waals surface area contributed by atoms with Gasteiger partial charge in [-0.05, 0) is 28.6 Å². The lowest BCUT2D eigenvalue weighted by atomic mass is 10.2. The maximum Gasteiger partial charge on any atom is 0.246 e. The molecule has 0 saturated carbocycles. The van der Waals surface area contributed by atoms with Crippen molar-refractivity contribution in [2.24, 2.45) is 0 Å². The van der Waals surface area contributed by atoms with E-state index < -0.39 is 5.82 Å². The Morgan fingerprint density at radius 3 is 2.74 bits per heavy atom. The first-order valence-electron chi connectivity index (χ1n) is 6.70. The number of carbonyl (C=O) groups is 1. The van der Waals surface area contributed by atoms with E-state index in [1.807, 2.05) is 30.3 Å². The Balaban J connectivity index is 1.74. The van der Waals surface area contributed by atoms with Gasteiger partial charge in [0.25, 0.3) is 0 Å². The van der Waals surface area contributed by atoms with Crippen molar-refractivity contribution in [3.8, 4) is 11.4 Å². The molecule has 0 atom stereocenters. The minimum Gasteiger partial charge on any atom is -0.324 e. The summed E-state index contributed by atoms with van der Waals surface area (Å²) in [6.07, 6.45) is 0. The van der Waals surface area contributed by atoms with Gasteiger partial charge >= 0.3 is 0 Å². The average Bonchev–Trinajstić information content (AvgIpc) is 3.00. The predicted octanol–water partition coefficient (Wildman–Crippen LogP) is 2.77. The molecular formula is C15H11ClFN5O. The maximum atomic E-state index is 13.1. The van der Waals surface area contributed by atoms with E-state index in [0.717, 1.165) is 5.56 Å². The normalized spacial score (nSPS) is 10.5. The monoisotopic (exact) mass is 331 g/mol. The van der Waals surface area contributed by atoms with E-state index in [2.05, 4.69) is 20.8 Å². The zero-order chi connectivity index (χ0) is 16.2. The van der Waals surface area contributed by atoms with Gasteiger partial charge in [-0.2, -0.15) is 0 Å². The summed E-state index contributed by atoms with van der Waals surface area (Å²) in [5.41, 5.74) is 1.20. The highest BCUT2D eigenvalue weighted by Crippen LogP contribution is 2.19. The zero-order valence-corrected chi connectivity index (χ0v) is 12.5. The van der Waals surface area contributed by atoms with Crippen molar-refractivity contribution < 1.29 is 9.18 Å². The van der Waals surface area contributed by atoms with Gasteiger partial charge in [0, 0.05) is 11.3 Å². The molecule has 2 aromatic carbocycles. The molecule has 0 radical (unpaired) electrons. The van der Waals surface area contributed by atoms with E-state index in [1.54, 1.807) is 0 Å². The predicted molar refractivity (Wildman–Crippen MR) is 83.3 cm³/mol. The van der Waals surface area contributed by atoms with Gasteiger partial charge in [-0.1, -0.05) is 41.9 Å². The standard InChI is InChI=1S/C15H11ClFN5O/c16-12-8-11(6-7-13(12)17)18-14(23)9-22-15(19-20-21-22)10-4-2-1-3-5-10/h1-8H,9H2,(H,18,23). The van der Waals surface area contributed by atoms with Crippen LogP contribution in [-0.4, -0.2) is 26.1 Å². The maximum absolute atomic E-state index is 13.1. The number of rotatable bonds is 4. The molecule has 1 N–H and O–H groups in total. The number of tetrazole rings is 1. The van der Waals surface area contributed by atoms with E-state index in [1.165, 1.54) is 22.9 Å². The third-order valence-corrected chi connectivity index (χ3v) is 3.35. The molecule has 3 rings (SSSR count). The van der Waals surface area contributed by atoms with Crippen LogP contribution in [0.4, 0.5) is 10.1 Å². The van der Waals surface area contributed by atoms with Crippen LogP contribution < -0.4 is 5.32 Å². The summed E-state index contributed by atoms with van der Waals surface area (Å²) in [6, 6.07) is 13.2. The minimum absolute atomic E-state index is 0.0600. The van der Waals surface area contributed by atoms with Crippen molar-refractivity contribution in [1.29, 1.82) is 0 Å². The Labute approximate surface area is 135 Å². The van der Waals surface area contributed by atoms with E-state index in [-0.39, 0.29) is 17.5 Å². The lowest BCUT2D eigenvalue weighted by Gasteiger charge is -2.07. The number of nitrogens with zero attached hydrogens (tertiary/aromatic N) is 4. The first-order valence-corrected chi connectivity index (χ1v) is 7.08. The third kappa shape index (κ3) is 3.51. The fraction of sp³-hybridized carbons (Fsp3) is 0.0667. The summed E-state index contributed by atoms with van der Waals surface area (Å²) in [7, 11) is 0. The first-order chi connectivity index (χ1) is 11.1. The highest BCUT2D eigenvalue weighted by molar-refractivity contribution is 6.31. The molecule has 0 spiro atoms. The number of anilines is 1. The van der Waals surface area contributed by atoms with Gasteiger partial charge in [0.2, 0.25) is 5.91 Å². The van der Waals surface area contributed by atoms with Crippen molar-refractivity contribution in [3.63, 3.8) is 0 Å². The number of amides is 1. The molecule has 0 unspecified atom stereocenters. The van der Waals surface area contributed by atoms with Crippen molar-refractivity contribution in [3.05, 3.63) is 59.4 Å². The largest absolute Gasteiger partial charge is 0.324 e. The van der Waals surface area contributed by atoms with E-state index in [9.17, 15) is 9.18 Å². The molecule has 0 aliphatic carbocycles. The molecule has 0 aliphatic rings. The lowest BCUT2D eigenvalue weighted by Crippen LogP contribution is -2.20. The fourth-order valence-corrected chi connectivity index (χ4v) is 2.20. The quantitative estimate of drug-likeness (QED) is 0.798. The molecule has 8 heteroatoms. The van der Waals surface area contributed by atoms with Gasteiger partial charge in [-0.25, -0.2) is 9.07 Å². The zero-order valence-electron chi connectivity index (χ0n) is 11.8. The summed E-state index contributed by atoms with van der Waals surface area (Å²) < 4.78 is 14.5. The van der Waals surface area contributed by atoms with Crippen molar-refractivity contribution in [2.75, 3.05) is 5.32 Å². The molecule has 0 aliphatic heterocycles. The van der Waals surface area contributed by atoms with Gasteiger partial charge in [0.1, 0.15) is 12.4 Å². The van der Waals surface area contributed by atoms with Gasteiger partial charge in [-0.3, -0.25) is 4.79 Å². The van der Waals surface area contributed by atoms with E-state index in [4.69, 9.17) is 11.6 Å². The van der Waals surface area contributed by atoms with Crippen LogP contribution in [0.1, 0.15) is 0 Å². The van der Waals surface area contributed by atoms with Crippen LogP contribution in [0.15, 0.2) is 48.5 Å². The smallest absolute Gasteiger partial charge is 0.246 e. The molecule has 6 nitrogen and oxygen atoms in total. The Bertz CT molecular complexity index is 837. The van der Waals surface area contributed by atoms with Gasteiger partial charge in [-0.15, -0.1) is 5.10 Å². The fourth-order valence-electron chi connectivity index (χ4n) is 2.02. The van der Waals surface area contributed by atoms with E-state index >= 15 is 0 Å². The number of nitrogens with one attached hydrogen (secondary N) is 1. The summed E-state index contributed by atoms with van der Waals surface area (Å²) >= 11 is 5.68. The van der Waals surface area contributed by atoms with Crippen LogP contribution >= 0.6 is 11.6 Å². The lowest BCUT2D eigenvalue weighted by molar-refractivity contribution is -0.116. The van der Waals surface area contributed by atoms with Crippen LogP contribution in [0.5, 0.6) is 0 Å². The van der Waals surface area contributed by atoms with Gasteiger partial charge in [0.05, 0.1) is 5.02 Å². The Morgan fingerprint density at radius 1 is 1.22 bits per heavy atom. The second-order valence-corrected chi connectivity index (χ2v) is 5.11. The van der Waals surface area contributed by atoms with Gasteiger partial charge in [0.15, 0.2) is 5.82 Å². The number of hydrogen-bond acceptors (Lipinski definition) is 4. The van der Waals surface area contributed by atoms with Crippen LogP contribution in [0.25, 0.3) is 11.4 Å². The summed E-state index contributed by atoms with van der Waals surface area (Å²) in [4.78, 5) is 12.1. The molecular weight excluding hydrogens is 321 g/mol. The second-order valence-electron chi connectivity index (χ2n) is 4.70. The Kier molecular flexibility index (Phi) is 4.29. The van der Waals surface area contributed by atoms with Crippen molar-refractivity contribution in [1.82, 2.24) is 20.2 Å². The van der Waals surface area contributed by atoms with Crippen molar-refractivity contribution in [2.45, 2.75) is 6.54 Å². The second kappa shape index (κ2) is 6.53. The number of hydrogen-bond donors (Lipinski definition) is 1. The molecule has 23 heavy (non-hydrogen) atoms. The molecule has 1 heterocycles. The third-order valence-electron chi connectivity index (χ3n) is 3.06. The first kappa shape index (κ1) is 15.1. The SMILES string of the molecule is O=C(Cn1nnnc1-c1ccccc1)Nc1ccc(F)c(Cl)c1. The number of carbonyl (C=O) groups excluding carboxylic acids is 1.